The Morgan fingerprint density at radius 3 is 2.58 bits per heavy atom. The van der Waals surface area contributed by atoms with E-state index in [4.69, 9.17) is 4.74 Å². The van der Waals surface area contributed by atoms with Gasteiger partial charge in [-0.2, -0.15) is 0 Å². The standard InChI is InChI=1S/C14H19NO4/c1-3-14(4-2)12(16)9-13(14)19-11-8-6-5-7-10(11)15(17)18/h5-8,12-13,16H,3-4,9H2,1-2H3. The molecule has 104 valence electrons. The number of benzene rings is 1. The number of hydrogen-bond donors (Lipinski definition) is 1. The fourth-order valence-corrected chi connectivity index (χ4v) is 2.93. The third kappa shape index (κ3) is 2.18. The van der Waals surface area contributed by atoms with E-state index in [1.807, 2.05) is 13.8 Å². The van der Waals surface area contributed by atoms with E-state index in [1.54, 1.807) is 18.2 Å². The lowest BCUT2D eigenvalue weighted by Gasteiger charge is -2.52. The fraction of sp³-hybridized carbons (Fsp3) is 0.571. The molecule has 5 nitrogen and oxygen atoms in total. The van der Waals surface area contributed by atoms with Crippen molar-refractivity contribution in [1.82, 2.24) is 0 Å². The van der Waals surface area contributed by atoms with Gasteiger partial charge in [-0.05, 0) is 18.9 Å². The van der Waals surface area contributed by atoms with E-state index in [1.165, 1.54) is 6.07 Å². The highest BCUT2D eigenvalue weighted by atomic mass is 16.6. The largest absolute Gasteiger partial charge is 0.483 e. The van der Waals surface area contributed by atoms with Gasteiger partial charge in [-0.1, -0.05) is 26.0 Å². The fourth-order valence-electron chi connectivity index (χ4n) is 2.93. The number of nitro benzene ring substituents is 1. The summed E-state index contributed by atoms with van der Waals surface area (Å²) in [6.45, 7) is 4.03. The van der Waals surface area contributed by atoms with Gasteiger partial charge in [0.05, 0.1) is 11.0 Å². The van der Waals surface area contributed by atoms with Crippen LogP contribution >= 0.6 is 0 Å². The molecule has 1 N–H and O–H groups in total. The molecule has 2 atom stereocenters. The highest BCUT2D eigenvalue weighted by Gasteiger charge is 2.54. The Hall–Kier alpha value is -1.62. The van der Waals surface area contributed by atoms with Crippen LogP contribution in [0.3, 0.4) is 0 Å². The number of hydrogen-bond acceptors (Lipinski definition) is 4. The van der Waals surface area contributed by atoms with Crippen molar-refractivity contribution in [2.45, 2.75) is 45.3 Å². The first-order valence-electron chi connectivity index (χ1n) is 6.63. The summed E-state index contributed by atoms with van der Waals surface area (Å²) in [5, 5.41) is 20.9. The van der Waals surface area contributed by atoms with E-state index in [0.29, 0.717) is 6.42 Å². The van der Waals surface area contributed by atoms with Crippen molar-refractivity contribution in [3.8, 4) is 5.75 Å². The third-order valence-electron chi connectivity index (χ3n) is 4.39. The molecule has 2 rings (SSSR count). The van der Waals surface area contributed by atoms with Gasteiger partial charge in [-0.3, -0.25) is 10.1 Å². The van der Waals surface area contributed by atoms with Crippen LogP contribution in [-0.2, 0) is 0 Å². The lowest BCUT2D eigenvalue weighted by molar-refractivity contribution is -0.386. The van der Waals surface area contributed by atoms with Crippen molar-refractivity contribution < 1.29 is 14.8 Å². The van der Waals surface area contributed by atoms with Gasteiger partial charge in [0.25, 0.3) is 0 Å². The van der Waals surface area contributed by atoms with E-state index >= 15 is 0 Å². The Kier molecular flexibility index (Phi) is 3.75. The van der Waals surface area contributed by atoms with Gasteiger partial charge in [-0.15, -0.1) is 0 Å². The zero-order valence-electron chi connectivity index (χ0n) is 11.2. The first-order valence-corrected chi connectivity index (χ1v) is 6.63. The van der Waals surface area contributed by atoms with Gasteiger partial charge in [0, 0.05) is 17.9 Å². The van der Waals surface area contributed by atoms with Gasteiger partial charge in [0.15, 0.2) is 5.75 Å². The minimum atomic E-state index is -0.440. The Morgan fingerprint density at radius 1 is 1.42 bits per heavy atom. The van der Waals surface area contributed by atoms with Crippen LogP contribution in [0.1, 0.15) is 33.1 Å². The topological polar surface area (TPSA) is 72.6 Å². The summed E-state index contributed by atoms with van der Waals surface area (Å²) in [4.78, 5) is 10.5. The lowest BCUT2D eigenvalue weighted by atomic mass is 9.60. The summed E-state index contributed by atoms with van der Waals surface area (Å²) < 4.78 is 5.81. The van der Waals surface area contributed by atoms with Crippen molar-refractivity contribution in [1.29, 1.82) is 0 Å². The molecule has 0 amide bonds. The lowest BCUT2D eigenvalue weighted by Crippen LogP contribution is -2.59. The molecule has 19 heavy (non-hydrogen) atoms. The van der Waals surface area contributed by atoms with E-state index in [-0.39, 0.29) is 29.1 Å². The molecule has 0 radical (unpaired) electrons. The van der Waals surface area contributed by atoms with E-state index in [0.717, 1.165) is 12.8 Å². The number of aliphatic hydroxyl groups excluding tert-OH is 1. The first-order chi connectivity index (χ1) is 9.05. The number of ether oxygens (including phenoxy) is 1. The second-order valence-corrected chi connectivity index (χ2v) is 5.02. The quantitative estimate of drug-likeness (QED) is 0.656. The van der Waals surface area contributed by atoms with Gasteiger partial charge in [0.1, 0.15) is 6.10 Å². The van der Waals surface area contributed by atoms with Crippen molar-refractivity contribution >= 4 is 5.69 Å². The summed E-state index contributed by atoms with van der Waals surface area (Å²) >= 11 is 0. The predicted molar refractivity (Wildman–Crippen MR) is 71.2 cm³/mol. The smallest absolute Gasteiger partial charge is 0.310 e. The monoisotopic (exact) mass is 265 g/mol. The predicted octanol–water partition coefficient (Wildman–Crippen LogP) is 2.91. The van der Waals surface area contributed by atoms with E-state index in [9.17, 15) is 15.2 Å². The molecular formula is C14H19NO4. The molecule has 1 aliphatic rings. The number of para-hydroxylation sites is 2. The zero-order chi connectivity index (χ0) is 14.0. The molecule has 1 fully saturated rings. The minimum absolute atomic E-state index is 0.0232. The maximum atomic E-state index is 11.0. The van der Waals surface area contributed by atoms with Crippen LogP contribution in [0.15, 0.2) is 24.3 Å². The SMILES string of the molecule is CCC1(CC)C(O)CC1Oc1ccccc1[N+](=O)[O-]. The van der Waals surface area contributed by atoms with Gasteiger partial charge >= 0.3 is 5.69 Å². The zero-order valence-corrected chi connectivity index (χ0v) is 11.2. The van der Waals surface area contributed by atoms with Crippen LogP contribution in [0.5, 0.6) is 5.75 Å². The molecule has 5 heteroatoms. The Balaban J connectivity index is 2.21. The van der Waals surface area contributed by atoms with Crippen LogP contribution < -0.4 is 4.74 Å². The average Bonchev–Trinajstić information content (AvgIpc) is 2.40. The van der Waals surface area contributed by atoms with Crippen LogP contribution in [0.2, 0.25) is 0 Å². The van der Waals surface area contributed by atoms with Crippen molar-refractivity contribution in [3.05, 3.63) is 34.4 Å². The second kappa shape index (κ2) is 5.17. The van der Waals surface area contributed by atoms with Crippen LogP contribution in [0, 0.1) is 15.5 Å². The second-order valence-electron chi connectivity index (χ2n) is 5.02. The summed E-state index contributed by atoms with van der Waals surface area (Å²) in [5.74, 6) is 0.288. The van der Waals surface area contributed by atoms with Crippen molar-refractivity contribution in [2.24, 2.45) is 5.41 Å². The molecule has 0 aromatic heterocycles. The molecule has 1 aromatic carbocycles. The first kappa shape index (κ1) is 13.8. The highest BCUT2D eigenvalue weighted by Crippen LogP contribution is 2.49. The highest BCUT2D eigenvalue weighted by molar-refractivity contribution is 5.46. The molecule has 0 heterocycles. The molecule has 0 spiro atoms. The molecule has 0 aliphatic heterocycles. The number of nitro groups is 1. The summed E-state index contributed by atoms with van der Waals surface area (Å²) in [5.41, 5.74) is -0.297. The molecule has 1 saturated carbocycles. The minimum Gasteiger partial charge on any atom is -0.483 e. The number of rotatable bonds is 5. The normalized spacial score (nSPS) is 24.6. The summed E-state index contributed by atoms with van der Waals surface area (Å²) in [6.07, 6.45) is 1.61. The van der Waals surface area contributed by atoms with E-state index in [2.05, 4.69) is 0 Å². The van der Waals surface area contributed by atoms with Gasteiger partial charge < -0.3 is 9.84 Å². The molecule has 1 aromatic rings. The number of aliphatic hydroxyl groups is 1. The van der Waals surface area contributed by atoms with Gasteiger partial charge in [0.2, 0.25) is 0 Å². The molecule has 0 bridgehead atoms. The van der Waals surface area contributed by atoms with Crippen molar-refractivity contribution in [3.63, 3.8) is 0 Å². The molecule has 0 saturated heterocycles. The third-order valence-corrected chi connectivity index (χ3v) is 4.39. The van der Waals surface area contributed by atoms with Crippen LogP contribution in [0.25, 0.3) is 0 Å². The Labute approximate surface area is 112 Å². The van der Waals surface area contributed by atoms with Crippen LogP contribution in [-0.4, -0.2) is 22.2 Å². The summed E-state index contributed by atoms with van der Waals surface area (Å²) in [7, 11) is 0. The summed E-state index contributed by atoms with van der Waals surface area (Å²) in [6, 6.07) is 6.38. The molecule has 2 unspecified atom stereocenters. The average molecular weight is 265 g/mol. The van der Waals surface area contributed by atoms with E-state index < -0.39 is 4.92 Å². The van der Waals surface area contributed by atoms with Gasteiger partial charge in [-0.25, -0.2) is 0 Å². The number of nitrogens with zero attached hydrogens (tertiary/aromatic N) is 1. The Bertz CT molecular complexity index is 470. The van der Waals surface area contributed by atoms with Crippen molar-refractivity contribution in [2.75, 3.05) is 0 Å². The van der Waals surface area contributed by atoms with Crippen LogP contribution in [0.4, 0.5) is 5.69 Å². The maximum Gasteiger partial charge on any atom is 0.310 e. The molecule has 1 aliphatic carbocycles. The molecular weight excluding hydrogens is 246 g/mol. The maximum absolute atomic E-state index is 11.0. The Morgan fingerprint density at radius 2 is 2.05 bits per heavy atom.